The van der Waals surface area contributed by atoms with Gasteiger partial charge in [-0.2, -0.15) is 0 Å². The monoisotopic (exact) mass is 280 g/mol. The third-order valence-corrected chi connectivity index (χ3v) is 2.66. The van der Waals surface area contributed by atoms with E-state index < -0.39 is 5.97 Å². The van der Waals surface area contributed by atoms with Crippen LogP contribution in [0.3, 0.4) is 0 Å². The number of amides is 1. The van der Waals surface area contributed by atoms with Crippen molar-refractivity contribution in [3.05, 3.63) is 29.3 Å². The zero-order chi connectivity index (χ0) is 15.1. The first kappa shape index (κ1) is 16.0. The van der Waals surface area contributed by atoms with Crippen molar-refractivity contribution in [2.24, 2.45) is 0 Å². The minimum atomic E-state index is -0.553. The fraction of sp³-hybridized carbons (Fsp3) is 0.429. The molecule has 3 N–H and O–H groups in total. The summed E-state index contributed by atoms with van der Waals surface area (Å²) in [6, 6.07) is 4.69. The maximum absolute atomic E-state index is 11.8. The summed E-state index contributed by atoms with van der Waals surface area (Å²) in [6.07, 6.45) is 0. The number of aryl methyl sites for hydroxylation is 1. The summed E-state index contributed by atoms with van der Waals surface area (Å²) in [5, 5.41) is 2.65. The number of esters is 1. The molecule has 110 valence electrons. The highest BCUT2D eigenvalue weighted by Gasteiger charge is 2.12. The van der Waals surface area contributed by atoms with E-state index in [0.717, 1.165) is 5.56 Å². The Labute approximate surface area is 118 Å². The van der Waals surface area contributed by atoms with Crippen molar-refractivity contribution < 1.29 is 19.1 Å². The van der Waals surface area contributed by atoms with Crippen molar-refractivity contribution >= 4 is 17.6 Å². The average molecular weight is 280 g/mol. The Kier molecular flexibility index (Phi) is 5.99. The molecule has 0 spiro atoms. The highest BCUT2D eigenvalue weighted by molar-refractivity contribution is 5.92. The van der Waals surface area contributed by atoms with Crippen LogP contribution < -0.4 is 11.1 Å². The largest absolute Gasteiger partial charge is 0.452 e. The van der Waals surface area contributed by atoms with Gasteiger partial charge in [0.05, 0.1) is 12.2 Å². The molecule has 1 aromatic carbocycles. The van der Waals surface area contributed by atoms with Crippen molar-refractivity contribution in [2.75, 3.05) is 26.1 Å². The molecule has 6 nitrogen and oxygen atoms in total. The van der Waals surface area contributed by atoms with Crippen LogP contribution >= 0.6 is 0 Å². The van der Waals surface area contributed by atoms with Crippen molar-refractivity contribution in [3.8, 4) is 0 Å². The molecule has 0 aliphatic heterocycles. The Morgan fingerprint density at radius 1 is 1.40 bits per heavy atom. The van der Waals surface area contributed by atoms with Crippen molar-refractivity contribution in [1.82, 2.24) is 5.32 Å². The molecule has 0 aliphatic rings. The number of carbonyl (C=O) groups is 2. The number of ether oxygens (including phenoxy) is 2. The number of rotatable bonds is 6. The molecule has 0 bridgehead atoms. The smallest absolute Gasteiger partial charge is 0.338 e. The summed E-state index contributed by atoms with van der Waals surface area (Å²) < 4.78 is 9.82. The molecule has 1 amide bonds. The number of hydrogen-bond donors (Lipinski definition) is 2. The zero-order valence-electron chi connectivity index (χ0n) is 11.9. The molecule has 0 saturated heterocycles. The molecular weight excluding hydrogens is 260 g/mol. The fourth-order valence-electron chi connectivity index (χ4n) is 1.63. The van der Waals surface area contributed by atoms with Gasteiger partial charge in [-0.1, -0.05) is 0 Å². The number of hydrogen-bond acceptors (Lipinski definition) is 5. The number of methoxy groups -OCH3 is 1. The van der Waals surface area contributed by atoms with Gasteiger partial charge < -0.3 is 20.5 Å². The molecule has 0 radical (unpaired) electrons. The van der Waals surface area contributed by atoms with Gasteiger partial charge in [-0.25, -0.2) is 4.79 Å². The first-order valence-electron chi connectivity index (χ1n) is 6.25. The molecule has 0 saturated carbocycles. The number of nitrogens with one attached hydrogen (secondary N) is 1. The average Bonchev–Trinajstić information content (AvgIpc) is 2.39. The standard InChI is InChI=1S/C14H20N2O4/c1-9-6-11(4-5-12(9)15)14(18)20-8-13(17)16-10(2)7-19-3/h4-6,10H,7-8,15H2,1-3H3,(H,16,17). The second-order valence-electron chi connectivity index (χ2n) is 4.57. The SMILES string of the molecule is COCC(C)NC(=O)COC(=O)c1ccc(N)c(C)c1. The van der Waals surface area contributed by atoms with Crippen LogP contribution in [0.1, 0.15) is 22.8 Å². The molecule has 1 aromatic rings. The van der Waals surface area contributed by atoms with Gasteiger partial charge in [0.15, 0.2) is 6.61 Å². The number of carbonyl (C=O) groups excluding carboxylic acids is 2. The third-order valence-electron chi connectivity index (χ3n) is 2.66. The Morgan fingerprint density at radius 2 is 2.10 bits per heavy atom. The first-order chi connectivity index (χ1) is 9.43. The Bertz CT molecular complexity index is 488. The van der Waals surface area contributed by atoms with Crippen LogP contribution in [-0.4, -0.2) is 38.2 Å². The van der Waals surface area contributed by atoms with Crippen molar-refractivity contribution in [2.45, 2.75) is 19.9 Å². The van der Waals surface area contributed by atoms with Gasteiger partial charge in [0.25, 0.3) is 5.91 Å². The van der Waals surface area contributed by atoms with Crippen LogP contribution in [0.2, 0.25) is 0 Å². The van der Waals surface area contributed by atoms with E-state index in [2.05, 4.69) is 5.32 Å². The highest BCUT2D eigenvalue weighted by Crippen LogP contribution is 2.13. The summed E-state index contributed by atoms with van der Waals surface area (Å²) in [4.78, 5) is 23.3. The molecule has 6 heteroatoms. The van der Waals surface area contributed by atoms with Crippen molar-refractivity contribution in [3.63, 3.8) is 0 Å². The van der Waals surface area contributed by atoms with Crippen LogP contribution in [0, 0.1) is 6.92 Å². The van der Waals surface area contributed by atoms with Gasteiger partial charge in [0, 0.05) is 18.8 Å². The zero-order valence-corrected chi connectivity index (χ0v) is 11.9. The van der Waals surface area contributed by atoms with E-state index in [1.54, 1.807) is 39.2 Å². The van der Waals surface area contributed by atoms with E-state index in [1.807, 2.05) is 0 Å². The first-order valence-corrected chi connectivity index (χ1v) is 6.25. The summed E-state index contributed by atoms with van der Waals surface area (Å²) >= 11 is 0. The Hall–Kier alpha value is -2.08. The summed E-state index contributed by atoms with van der Waals surface area (Å²) in [6.45, 7) is 3.67. The normalized spacial score (nSPS) is 11.8. The molecule has 0 heterocycles. The lowest BCUT2D eigenvalue weighted by molar-refractivity contribution is -0.125. The predicted molar refractivity (Wildman–Crippen MR) is 75.4 cm³/mol. The molecule has 1 unspecified atom stereocenters. The highest BCUT2D eigenvalue weighted by atomic mass is 16.5. The lowest BCUT2D eigenvalue weighted by Crippen LogP contribution is -2.38. The number of nitrogens with two attached hydrogens (primary N) is 1. The second kappa shape index (κ2) is 7.49. The van der Waals surface area contributed by atoms with Crippen molar-refractivity contribution in [1.29, 1.82) is 0 Å². The molecule has 0 fully saturated rings. The van der Waals surface area contributed by atoms with E-state index in [-0.39, 0.29) is 18.6 Å². The van der Waals surface area contributed by atoms with Crippen LogP contribution in [0.15, 0.2) is 18.2 Å². The summed E-state index contributed by atoms with van der Waals surface area (Å²) in [7, 11) is 1.55. The van der Waals surface area contributed by atoms with Gasteiger partial charge in [-0.15, -0.1) is 0 Å². The van der Waals surface area contributed by atoms with Gasteiger partial charge in [0.2, 0.25) is 0 Å². The number of nitrogen functional groups attached to an aromatic ring is 1. The van der Waals surface area contributed by atoms with Gasteiger partial charge in [-0.05, 0) is 37.6 Å². The van der Waals surface area contributed by atoms with E-state index in [4.69, 9.17) is 15.2 Å². The van der Waals surface area contributed by atoms with Gasteiger partial charge >= 0.3 is 5.97 Å². The molecule has 0 aromatic heterocycles. The maximum Gasteiger partial charge on any atom is 0.338 e. The molecule has 0 aliphatic carbocycles. The quantitative estimate of drug-likeness (QED) is 0.596. The lowest BCUT2D eigenvalue weighted by Gasteiger charge is -2.12. The molecule has 1 atom stereocenters. The van der Waals surface area contributed by atoms with Crippen LogP contribution in [0.5, 0.6) is 0 Å². The summed E-state index contributed by atoms with van der Waals surface area (Å²) in [5.74, 6) is -0.919. The summed E-state index contributed by atoms with van der Waals surface area (Å²) in [5.41, 5.74) is 7.43. The topological polar surface area (TPSA) is 90.6 Å². The van der Waals surface area contributed by atoms with E-state index >= 15 is 0 Å². The number of benzene rings is 1. The molecule has 20 heavy (non-hydrogen) atoms. The minimum Gasteiger partial charge on any atom is -0.452 e. The third kappa shape index (κ3) is 4.89. The molecule has 1 rings (SSSR count). The lowest BCUT2D eigenvalue weighted by atomic mass is 10.1. The Morgan fingerprint density at radius 3 is 2.70 bits per heavy atom. The predicted octanol–water partition coefficient (Wildman–Crippen LogP) is 0.885. The van der Waals surface area contributed by atoms with Gasteiger partial charge in [0.1, 0.15) is 0 Å². The fourth-order valence-corrected chi connectivity index (χ4v) is 1.63. The van der Waals surface area contributed by atoms with Crippen LogP contribution in [0.4, 0.5) is 5.69 Å². The van der Waals surface area contributed by atoms with E-state index in [1.165, 1.54) is 0 Å². The van der Waals surface area contributed by atoms with E-state index in [0.29, 0.717) is 17.9 Å². The van der Waals surface area contributed by atoms with Crippen LogP contribution in [0.25, 0.3) is 0 Å². The minimum absolute atomic E-state index is 0.134. The van der Waals surface area contributed by atoms with Gasteiger partial charge in [-0.3, -0.25) is 4.79 Å². The van der Waals surface area contributed by atoms with Crippen LogP contribution in [-0.2, 0) is 14.3 Å². The Balaban J connectivity index is 2.46. The maximum atomic E-state index is 11.8. The van der Waals surface area contributed by atoms with E-state index in [9.17, 15) is 9.59 Å². The second-order valence-corrected chi connectivity index (χ2v) is 4.57. The number of anilines is 1. The molecular formula is C14H20N2O4.